The summed E-state index contributed by atoms with van der Waals surface area (Å²) in [5.41, 5.74) is 1.79. The van der Waals surface area contributed by atoms with Gasteiger partial charge in [-0.1, -0.05) is 25.1 Å². The summed E-state index contributed by atoms with van der Waals surface area (Å²) in [6.45, 7) is 10.6. The van der Waals surface area contributed by atoms with Gasteiger partial charge < -0.3 is 10.2 Å². The molecular weight excluding hydrogens is 300 g/mol. The van der Waals surface area contributed by atoms with E-state index >= 15 is 0 Å². The van der Waals surface area contributed by atoms with Gasteiger partial charge in [0.15, 0.2) is 0 Å². The lowest BCUT2D eigenvalue weighted by molar-refractivity contribution is -0.133. The van der Waals surface area contributed by atoms with Crippen molar-refractivity contribution in [2.45, 2.75) is 46.7 Å². The van der Waals surface area contributed by atoms with Gasteiger partial charge in [-0.05, 0) is 45.8 Å². The van der Waals surface area contributed by atoms with Crippen molar-refractivity contribution >= 4 is 16.8 Å². The summed E-state index contributed by atoms with van der Waals surface area (Å²) >= 11 is 0. The number of carbonyl (C=O) groups is 1. The fourth-order valence-corrected chi connectivity index (χ4v) is 3.74. The highest BCUT2D eigenvalue weighted by atomic mass is 16.2. The number of hydrogen-bond acceptors (Lipinski definition) is 3. The molecule has 0 spiro atoms. The Morgan fingerprint density at radius 1 is 1.29 bits per heavy atom. The van der Waals surface area contributed by atoms with E-state index in [1.54, 1.807) is 0 Å². The lowest BCUT2D eigenvalue weighted by atomic mass is 9.81. The first-order valence-corrected chi connectivity index (χ1v) is 9.02. The van der Waals surface area contributed by atoms with Gasteiger partial charge in [-0.25, -0.2) is 0 Å². The highest BCUT2D eigenvalue weighted by molar-refractivity contribution is 5.85. The summed E-state index contributed by atoms with van der Waals surface area (Å²) < 4.78 is 2.00. The van der Waals surface area contributed by atoms with Gasteiger partial charge in [-0.3, -0.25) is 9.48 Å². The monoisotopic (exact) mass is 328 g/mol. The first-order chi connectivity index (χ1) is 11.6. The topological polar surface area (TPSA) is 50.2 Å². The molecule has 1 aliphatic heterocycles. The van der Waals surface area contributed by atoms with Crippen LogP contribution in [0.2, 0.25) is 0 Å². The van der Waals surface area contributed by atoms with Crippen molar-refractivity contribution in [3.05, 3.63) is 30.0 Å². The molecule has 1 atom stereocenters. The van der Waals surface area contributed by atoms with Gasteiger partial charge in [0.1, 0.15) is 0 Å². The van der Waals surface area contributed by atoms with Crippen LogP contribution in [0, 0.1) is 5.41 Å². The Hall–Kier alpha value is -1.88. The van der Waals surface area contributed by atoms with Gasteiger partial charge in [0.2, 0.25) is 5.91 Å². The highest BCUT2D eigenvalue weighted by Crippen LogP contribution is 2.29. The van der Waals surface area contributed by atoms with Gasteiger partial charge in [-0.15, -0.1) is 0 Å². The van der Waals surface area contributed by atoms with E-state index in [4.69, 9.17) is 0 Å². The maximum Gasteiger partial charge on any atom is 0.227 e. The average Bonchev–Trinajstić information content (AvgIpc) is 2.97. The van der Waals surface area contributed by atoms with E-state index in [2.05, 4.69) is 48.2 Å². The third-order valence-corrected chi connectivity index (χ3v) is 5.22. The number of aryl methyl sites for hydroxylation is 1. The number of hydrogen-bond donors (Lipinski definition) is 1. The smallest absolute Gasteiger partial charge is 0.227 e. The van der Waals surface area contributed by atoms with Crippen LogP contribution in [0.3, 0.4) is 0 Å². The van der Waals surface area contributed by atoms with Crippen LogP contribution in [0.4, 0.5) is 0 Å². The molecule has 5 nitrogen and oxygen atoms in total. The second-order valence-electron chi connectivity index (χ2n) is 7.00. The SMILES string of the molecule is CCN1CCC[C@](C)(C(=O)NCc2nn(CC)c3ccccc23)C1. The number of rotatable bonds is 5. The number of nitrogens with zero attached hydrogens (tertiary/aromatic N) is 3. The third-order valence-electron chi connectivity index (χ3n) is 5.22. The standard InChI is InChI=1S/C19H28N4O/c1-4-22-12-8-11-19(3,14-22)18(24)20-13-16-15-9-6-7-10-17(15)23(5-2)21-16/h6-7,9-10H,4-5,8,11-14H2,1-3H3,(H,20,24)/t19-/m0/s1. The quantitative estimate of drug-likeness (QED) is 0.918. The predicted molar refractivity (Wildman–Crippen MR) is 96.7 cm³/mol. The number of carbonyl (C=O) groups excluding carboxylic acids is 1. The first kappa shape index (κ1) is 17.0. The second kappa shape index (κ2) is 6.93. The Balaban J connectivity index is 1.73. The summed E-state index contributed by atoms with van der Waals surface area (Å²) in [5, 5.41) is 8.94. The van der Waals surface area contributed by atoms with Crippen LogP contribution in [-0.4, -0.2) is 40.2 Å². The van der Waals surface area contributed by atoms with Crippen LogP contribution < -0.4 is 5.32 Å². The highest BCUT2D eigenvalue weighted by Gasteiger charge is 2.37. The molecule has 1 fully saturated rings. The largest absolute Gasteiger partial charge is 0.350 e. The summed E-state index contributed by atoms with van der Waals surface area (Å²) in [4.78, 5) is 15.2. The zero-order valence-electron chi connectivity index (χ0n) is 15.0. The van der Waals surface area contributed by atoms with Crippen molar-refractivity contribution in [2.24, 2.45) is 5.41 Å². The van der Waals surface area contributed by atoms with Gasteiger partial charge in [0.05, 0.1) is 23.2 Å². The molecule has 5 heteroatoms. The Morgan fingerprint density at radius 3 is 2.83 bits per heavy atom. The molecular formula is C19H28N4O. The van der Waals surface area contributed by atoms with E-state index < -0.39 is 0 Å². The van der Waals surface area contributed by atoms with Gasteiger partial charge in [0.25, 0.3) is 0 Å². The number of likely N-dealkylation sites (tertiary alicyclic amines) is 1. The maximum absolute atomic E-state index is 12.8. The maximum atomic E-state index is 12.8. The number of piperidine rings is 1. The number of fused-ring (bicyclic) bond motifs is 1. The van der Waals surface area contributed by atoms with E-state index in [1.165, 1.54) is 0 Å². The van der Waals surface area contributed by atoms with E-state index in [0.717, 1.165) is 55.6 Å². The van der Waals surface area contributed by atoms with E-state index in [-0.39, 0.29) is 11.3 Å². The molecule has 1 N–H and O–H groups in total. The molecule has 0 unspecified atom stereocenters. The molecule has 0 radical (unpaired) electrons. The van der Waals surface area contributed by atoms with Crippen molar-refractivity contribution < 1.29 is 4.79 Å². The van der Waals surface area contributed by atoms with Crippen molar-refractivity contribution in [3.63, 3.8) is 0 Å². The van der Waals surface area contributed by atoms with Crippen LogP contribution in [0.25, 0.3) is 10.9 Å². The molecule has 0 aliphatic carbocycles. The minimum absolute atomic E-state index is 0.149. The molecule has 2 aromatic rings. The zero-order chi connectivity index (χ0) is 17.2. The Kier molecular flexibility index (Phi) is 4.90. The molecule has 0 bridgehead atoms. The van der Waals surface area contributed by atoms with E-state index in [1.807, 2.05) is 16.8 Å². The first-order valence-electron chi connectivity index (χ1n) is 9.02. The van der Waals surface area contributed by atoms with Crippen molar-refractivity contribution in [2.75, 3.05) is 19.6 Å². The van der Waals surface area contributed by atoms with Crippen molar-refractivity contribution in [3.8, 4) is 0 Å². The molecule has 0 saturated carbocycles. The number of amides is 1. The molecule has 2 heterocycles. The number of benzene rings is 1. The Labute approximate surface area is 144 Å². The van der Waals surface area contributed by atoms with E-state index in [0.29, 0.717) is 6.54 Å². The summed E-state index contributed by atoms with van der Waals surface area (Å²) in [6, 6.07) is 8.22. The molecule has 1 amide bonds. The zero-order valence-corrected chi connectivity index (χ0v) is 15.0. The van der Waals surface area contributed by atoms with Crippen LogP contribution in [-0.2, 0) is 17.9 Å². The number of nitrogens with one attached hydrogen (secondary N) is 1. The Bertz CT molecular complexity index is 723. The molecule has 1 aromatic carbocycles. The third kappa shape index (κ3) is 3.18. The molecule has 3 rings (SSSR count). The summed E-state index contributed by atoms with van der Waals surface area (Å²) in [6.07, 6.45) is 2.05. The van der Waals surface area contributed by atoms with Gasteiger partial charge in [-0.2, -0.15) is 5.10 Å². The summed E-state index contributed by atoms with van der Waals surface area (Å²) in [5.74, 6) is 0.149. The lowest BCUT2D eigenvalue weighted by Crippen LogP contribution is -2.50. The summed E-state index contributed by atoms with van der Waals surface area (Å²) in [7, 11) is 0. The molecule has 24 heavy (non-hydrogen) atoms. The van der Waals surface area contributed by atoms with Crippen LogP contribution >= 0.6 is 0 Å². The van der Waals surface area contributed by atoms with Crippen LogP contribution in [0.1, 0.15) is 39.3 Å². The number of aromatic nitrogens is 2. The number of para-hydroxylation sites is 1. The fourth-order valence-electron chi connectivity index (χ4n) is 3.74. The predicted octanol–water partition coefficient (Wildman–Crippen LogP) is 2.79. The van der Waals surface area contributed by atoms with E-state index in [9.17, 15) is 4.79 Å². The van der Waals surface area contributed by atoms with Crippen molar-refractivity contribution in [1.29, 1.82) is 0 Å². The van der Waals surface area contributed by atoms with Crippen molar-refractivity contribution in [1.82, 2.24) is 20.0 Å². The average molecular weight is 328 g/mol. The molecule has 1 saturated heterocycles. The molecule has 1 aliphatic rings. The Morgan fingerprint density at radius 2 is 2.08 bits per heavy atom. The van der Waals surface area contributed by atoms with Gasteiger partial charge >= 0.3 is 0 Å². The van der Waals surface area contributed by atoms with Crippen LogP contribution in [0.15, 0.2) is 24.3 Å². The van der Waals surface area contributed by atoms with Gasteiger partial charge in [0, 0.05) is 18.5 Å². The molecule has 1 aromatic heterocycles. The molecule has 130 valence electrons. The van der Waals surface area contributed by atoms with Crippen LogP contribution in [0.5, 0.6) is 0 Å². The normalized spacial score (nSPS) is 22.0. The second-order valence-corrected chi connectivity index (χ2v) is 7.00. The lowest BCUT2D eigenvalue weighted by Gasteiger charge is -2.38. The fraction of sp³-hybridized carbons (Fsp3) is 0.579. The minimum atomic E-state index is -0.294. The minimum Gasteiger partial charge on any atom is -0.350 e.